The zero-order valence-electron chi connectivity index (χ0n) is 13.7. The number of hydrogen-bond donors (Lipinski definition) is 1. The number of nitrogens with one attached hydrogen (secondary N) is 1. The van der Waals surface area contributed by atoms with Crippen LogP contribution in [0.3, 0.4) is 0 Å². The minimum atomic E-state index is -2.82. The maximum atomic E-state index is 11.6. The summed E-state index contributed by atoms with van der Waals surface area (Å²) in [6.07, 6.45) is 3.96. The average Bonchev–Trinajstić information content (AvgIpc) is 2.33. The minimum absolute atomic E-state index is 0.116. The van der Waals surface area contributed by atoms with Crippen molar-refractivity contribution in [2.24, 2.45) is 5.41 Å². The maximum absolute atomic E-state index is 11.6. The second-order valence-corrected chi connectivity index (χ2v) is 9.12. The first-order chi connectivity index (χ1) is 8.60. The lowest BCUT2D eigenvalue weighted by Gasteiger charge is -2.35. The van der Waals surface area contributed by atoms with E-state index < -0.39 is 9.84 Å². The monoisotopic (exact) mass is 291 g/mol. The highest BCUT2D eigenvalue weighted by atomic mass is 32.2. The van der Waals surface area contributed by atoms with Crippen molar-refractivity contribution in [2.75, 3.05) is 18.1 Å². The van der Waals surface area contributed by atoms with Crippen LogP contribution in [0, 0.1) is 5.41 Å². The van der Waals surface area contributed by atoms with E-state index in [2.05, 4.69) is 39.9 Å². The second kappa shape index (κ2) is 7.63. The molecule has 0 saturated heterocycles. The maximum Gasteiger partial charge on any atom is 0.150 e. The third-order valence-corrected chi connectivity index (χ3v) is 5.89. The van der Waals surface area contributed by atoms with Crippen LogP contribution in [0.25, 0.3) is 0 Å². The Bertz CT molecular complexity index is 338. The van der Waals surface area contributed by atoms with Crippen LogP contribution < -0.4 is 5.32 Å². The summed E-state index contributed by atoms with van der Waals surface area (Å²) in [5.41, 5.74) is 0.349. The first-order valence-corrected chi connectivity index (χ1v) is 9.37. The van der Waals surface area contributed by atoms with Crippen molar-refractivity contribution in [3.63, 3.8) is 0 Å². The number of sulfone groups is 1. The molecule has 0 aliphatic heterocycles. The summed E-state index contributed by atoms with van der Waals surface area (Å²) in [6, 6.07) is 0. The molecule has 0 bridgehead atoms. The molecule has 0 atom stereocenters. The van der Waals surface area contributed by atoms with Crippen molar-refractivity contribution in [2.45, 2.75) is 72.8 Å². The lowest BCUT2D eigenvalue weighted by atomic mass is 9.78. The van der Waals surface area contributed by atoms with Gasteiger partial charge in [0.2, 0.25) is 0 Å². The molecular weight excluding hydrogens is 258 g/mol. The molecule has 0 amide bonds. The van der Waals surface area contributed by atoms with Crippen molar-refractivity contribution in [3.05, 3.63) is 0 Å². The largest absolute Gasteiger partial charge is 0.312 e. The van der Waals surface area contributed by atoms with Gasteiger partial charge in [-0.15, -0.1) is 0 Å². The van der Waals surface area contributed by atoms with E-state index in [9.17, 15) is 8.42 Å². The highest BCUT2D eigenvalue weighted by Crippen LogP contribution is 2.32. The Morgan fingerprint density at radius 2 is 1.53 bits per heavy atom. The minimum Gasteiger partial charge on any atom is -0.312 e. The SMILES string of the molecule is CCC(CC)(CCCS(=O)(=O)CC)CNC(C)(C)C. The van der Waals surface area contributed by atoms with E-state index in [0.717, 1.165) is 32.2 Å². The van der Waals surface area contributed by atoms with Crippen LogP contribution in [0.5, 0.6) is 0 Å². The van der Waals surface area contributed by atoms with Gasteiger partial charge in [-0.25, -0.2) is 8.42 Å². The summed E-state index contributed by atoms with van der Waals surface area (Å²) in [6.45, 7) is 13.6. The van der Waals surface area contributed by atoms with E-state index in [4.69, 9.17) is 0 Å². The molecule has 0 saturated carbocycles. The van der Waals surface area contributed by atoms with Gasteiger partial charge in [-0.2, -0.15) is 0 Å². The summed E-state index contributed by atoms with van der Waals surface area (Å²) in [5.74, 6) is 0.596. The first kappa shape index (κ1) is 18.9. The third-order valence-electron chi connectivity index (χ3n) is 4.10. The molecule has 1 N–H and O–H groups in total. The van der Waals surface area contributed by atoms with Crippen molar-refractivity contribution in [1.82, 2.24) is 5.32 Å². The fourth-order valence-corrected chi connectivity index (χ4v) is 3.08. The highest BCUT2D eigenvalue weighted by Gasteiger charge is 2.27. The standard InChI is InChI=1S/C15H33NO2S/c1-7-15(8-2,13-16-14(4,5)6)11-10-12-19(17,18)9-3/h16H,7-13H2,1-6H3. The molecule has 0 aliphatic carbocycles. The third kappa shape index (κ3) is 7.93. The molecule has 19 heavy (non-hydrogen) atoms. The Labute approximate surface area is 120 Å². The number of hydrogen-bond acceptors (Lipinski definition) is 3. The van der Waals surface area contributed by atoms with Crippen LogP contribution in [0.1, 0.15) is 67.2 Å². The Morgan fingerprint density at radius 3 is 1.89 bits per heavy atom. The molecule has 0 aliphatic rings. The van der Waals surface area contributed by atoms with Gasteiger partial charge in [-0.3, -0.25) is 0 Å². The predicted molar refractivity (Wildman–Crippen MR) is 84.3 cm³/mol. The van der Waals surface area contributed by atoms with Crippen molar-refractivity contribution < 1.29 is 8.42 Å². The topological polar surface area (TPSA) is 46.2 Å². The van der Waals surface area contributed by atoms with E-state index in [1.54, 1.807) is 6.92 Å². The van der Waals surface area contributed by atoms with Gasteiger partial charge in [0.15, 0.2) is 0 Å². The Morgan fingerprint density at radius 1 is 1.00 bits per heavy atom. The van der Waals surface area contributed by atoms with Crippen LogP contribution in [-0.4, -0.2) is 32.0 Å². The first-order valence-electron chi connectivity index (χ1n) is 7.55. The number of rotatable bonds is 9. The van der Waals surface area contributed by atoms with Crippen LogP contribution in [0.4, 0.5) is 0 Å². The van der Waals surface area contributed by atoms with Crippen LogP contribution >= 0.6 is 0 Å². The normalized spacial score (nSPS) is 13.8. The molecule has 0 heterocycles. The molecule has 3 nitrogen and oxygen atoms in total. The molecule has 0 spiro atoms. The Balaban J connectivity index is 4.47. The molecule has 0 rings (SSSR count). The van der Waals surface area contributed by atoms with Gasteiger partial charge < -0.3 is 5.32 Å². The van der Waals surface area contributed by atoms with Crippen molar-refractivity contribution in [1.29, 1.82) is 0 Å². The molecular formula is C15H33NO2S. The quantitative estimate of drug-likeness (QED) is 0.708. The summed E-state index contributed by atoms with van der Waals surface area (Å²) < 4.78 is 23.1. The van der Waals surface area contributed by atoms with Crippen LogP contribution in [0.15, 0.2) is 0 Å². The molecule has 0 unspecified atom stereocenters. The molecule has 116 valence electrons. The molecule has 4 heteroatoms. The fourth-order valence-electron chi connectivity index (χ4n) is 2.21. The van der Waals surface area contributed by atoms with E-state index in [1.165, 1.54) is 0 Å². The van der Waals surface area contributed by atoms with Crippen molar-refractivity contribution >= 4 is 9.84 Å². The molecule has 0 aromatic rings. The molecule has 0 fully saturated rings. The van der Waals surface area contributed by atoms with Crippen LogP contribution in [0.2, 0.25) is 0 Å². The van der Waals surface area contributed by atoms with E-state index in [0.29, 0.717) is 5.75 Å². The van der Waals surface area contributed by atoms with E-state index in [-0.39, 0.29) is 16.7 Å². The van der Waals surface area contributed by atoms with Gasteiger partial charge in [0.05, 0.1) is 5.75 Å². The van der Waals surface area contributed by atoms with Gasteiger partial charge in [0.25, 0.3) is 0 Å². The highest BCUT2D eigenvalue weighted by molar-refractivity contribution is 7.91. The predicted octanol–water partition coefficient (Wildman–Crippen LogP) is 3.40. The lowest BCUT2D eigenvalue weighted by molar-refractivity contribution is 0.203. The molecule has 0 aromatic carbocycles. The Hall–Kier alpha value is -0.0900. The van der Waals surface area contributed by atoms with Gasteiger partial charge in [-0.05, 0) is 51.9 Å². The van der Waals surface area contributed by atoms with Gasteiger partial charge in [0, 0.05) is 17.8 Å². The van der Waals surface area contributed by atoms with E-state index >= 15 is 0 Å². The lowest BCUT2D eigenvalue weighted by Crippen LogP contribution is -2.43. The summed E-state index contributed by atoms with van der Waals surface area (Å²) in [5, 5.41) is 3.58. The average molecular weight is 292 g/mol. The molecule has 0 radical (unpaired) electrons. The zero-order chi connectivity index (χ0) is 15.2. The van der Waals surface area contributed by atoms with Gasteiger partial charge in [-0.1, -0.05) is 20.8 Å². The summed E-state index contributed by atoms with van der Waals surface area (Å²) >= 11 is 0. The molecule has 0 aromatic heterocycles. The summed E-state index contributed by atoms with van der Waals surface area (Å²) in [4.78, 5) is 0. The summed E-state index contributed by atoms with van der Waals surface area (Å²) in [7, 11) is -2.82. The second-order valence-electron chi connectivity index (χ2n) is 6.65. The fraction of sp³-hybridized carbons (Fsp3) is 1.00. The zero-order valence-corrected chi connectivity index (χ0v) is 14.5. The van der Waals surface area contributed by atoms with Gasteiger partial charge in [0.1, 0.15) is 9.84 Å². The van der Waals surface area contributed by atoms with Crippen LogP contribution in [-0.2, 0) is 9.84 Å². The Kier molecular flexibility index (Phi) is 7.59. The smallest absolute Gasteiger partial charge is 0.150 e. The van der Waals surface area contributed by atoms with Crippen molar-refractivity contribution in [3.8, 4) is 0 Å². The van der Waals surface area contributed by atoms with Gasteiger partial charge >= 0.3 is 0 Å². The van der Waals surface area contributed by atoms with E-state index in [1.807, 2.05) is 0 Å².